The van der Waals surface area contributed by atoms with E-state index in [1.807, 2.05) is 0 Å². The molecular weight excluding hydrogens is 268 g/mol. The van der Waals surface area contributed by atoms with Crippen LogP contribution in [0.2, 0.25) is 0 Å². The van der Waals surface area contributed by atoms with E-state index in [4.69, 9.17) is 5.11 Å². The van der Waals surface area contributed by atoms with Crippen LogP contribution in [0, 0.1) is 5.92 Å². The van der Waals surface area contributed by atoms with Gasteiger partial charge in [-0.1, -0.05) is 0 Å². The van der Waals surface area contributed by atoms with Gasteiger partial charge >= 0.3 is 5.97 Å². The molecule has 104 valence electrons. The number of likely N-dealkylation sites (tertiary alicyclic amines) is 1. The number of aliphatic carboxylic acids is 1. The zero-order valence-electron chi connectivity index (χ0n) is 10.4. The molecule has 7 heteroatoms. The molecule has 6 nitrogen and oxygen atoms in total. The molecule has 0 bridgehead atoms. The van der Waals surface area contributed by atoms with Gasteiger partial charge in [0, 0.05) is 24.8 Å². The van der Waals surface area contributed by atoms with Gasteiger partial charge < -0.3 is 14.9 Å². The average Bonchev–Trinajstić information content (AvgIpc) is 2.95. The van der Waals surface area contributed by atoms with Gasteiger partial charge in [-0.05, 0) is 12.8 Å². The molecule has 3 aliphatic rings. The van der Waals surface area contributed by atoms with Crippen LogP contribution in [-0.4, -0.2) is 62.9 Å². The Kier molecular flexibility index (Phi) is 3.16. The third-order valence-corrected chi connectivity index (χ3v) is 4.96. The Bertz CT molecular complexity index is 437. The number of thioether (sulfide) groups is 1. The third kappa shape index (κ3) is 2.31. The zero-order chi connectivity index (χ0) is 13.6. The summed E-state index contributed by atoms with van der Waals surface area (Å²) in [6, 6.07) is -0.406. The van der Waals surface area contributed by atoms with Crippen LogP contribution in [0.3, 0.4) is 0 Å². The molecule has 1 saturated carbocycles. The summed E-state index contributed by atoms with van der Waals surface area (Å²) < 4.78 is 0. The fourth-order valence-electron chi connectivity index (χ4n) is 2.74. The monoisotopic (exact) mass is 284 g/mol. The number of hydrogen-bond acceptors (Lipinski definition) is 4. The van der Waals surface area contributed by atoms with Gasteiger partial charge in [-0.2, -0.15) is 0 Å². The van der Waals surface area contributed by atoms with E-state index in [-0.39, 0.29) is 24.2 Å². The van der Waals surface area contributed by atoms with E-state index in [0.717, 1.165) is 12.8 Å². The van der Waals surface area contributed by atoms with Gasteiger partial charge in [0.15, 0.2) is 0 Å². The lowest BCUT2D eigenvalue weighted by atomic mass is 10.1. The molecule has 1 aliphatic carbocycles. The van der Waals surface area contributed by atoms with Crippen molar-refractivity contribution < 1.29 is 19.5 Å². The predicted octanol–water partition coefficient (Wildman–Crippen LogP) is -0.0166. The first-order valence-corrected chi connectivity index (χ1v) is 7.64. The number of carbonyl (C=O) groups excluding carboxylic acids is 2. The maximum Gasteiger partial charge on any atom is 0.327 e. The number of carboxylic acid groups (broad SMARTS) is 1. The molecule has 1 N–H and O–H groups in total. The van der Waals surface area contributed by atoms with E-state index in [1.165, 1.54) is 16.7 Å². The molecule has 0 aromatic heterocycles. The standard InChI is InChI=1S/C12H16N2O4S/c15-10-3-7(4-13(10)8-1-2-8)11(16)14-6-19-5-9(14)12(17)18/h7-9H,1-6H2,(H,17,18). The number of hydrogen-bond donors (Lipinski definition) is 1. The third-order valence-electron chi connectivity index (χ3n) is 3.95. The molecule has 2 unspecified atom stereocenters. The van der Waals surface area contributed by atoms with Crippen LogP contribution in [0.1, 0.15) is 19.3 Å². The van der Waals surface area contributed by atoms with Crippen LogP contribution in [-0.2, 0) is 14.4 Å². The number of rotatable bonds is 3. The van der Waals surface area contributed by atoms with Crippen molar-refractivity contribution in [3.8, 4) is 0 Å². The number of carboxylic acids is 1. The van der Waals surface area contributed by atoms with Gasteiger partial charge in [0.2, 0.25) is 11.8 Å². The maximum atomic E-state index is 12.4. The summed E-state index contributed by atoms with van der Waals surface area (Å²) in [5, 5.41) is 9.09. The van der Waals surface area contributed by atoms with Gasteiger partial charge in [0.25, 0.3) is 0 Å². The van der Waals surface area contributed by atoms with Crippen LogP contribution in [0.15, 0.2) is 0 Å². The van der Waals surface area contributed by atoms with Crippen molar-refractivity contribution in [3.63, 3.8) is 0 Å². The molecule has 3 fully saturated rings. The molecule has 0 radical (unpaired) electrons. The lowest BCUT2D eigenvalue weighted by molar-refractivity contribution is -0.149. The molecule has 2 heterocycles. The fourth-order valence-corrected chi connectivity index (χ4v) is 3.89. The molecule has 19 heavy (non-hydrogen) atoms. The van der Waals surface area contributed by atoms with Crippen LogP contribution >= 0.6 is 11.8 Å². The summed E-state index contributed by atoms with van der Waals surface area (Å²) in [5.74, 6) is -0.582. The average molecular weight is 284 g/mol. The fraction of sp³-hybridized carbons (Fsp3) is 0.750. The number of carbonyl (C=O) groups is 3. The SMILES string of the molecule is O=C(O)C1CSCN1C(=O)C1CC(=O)N(C2CC2)C1. The zero-order valence-corrected chi connectivity index (χ0v) is 11.3. The summed E-state index contributed by atoms with van der Waals surface area (Å²) in [6.45, 7) is 0.468. The van der Waals surface area contributed by atoms with E-state index >= 15 is 0 Å². The van der Waals surface area contributed by atoms with Crippen LogP contribution in [0.25, 0.3) is 0 Å². The topological polar surface area (TPSA) is 77.9 Å². The van der Waals surface area contributed by atoms with Crippen molar-refractivity contribution >= 4 is 29.5 Å². The lowest BCUT2D eigenvalue weighted by Crippen LogP contribution is -2.45. The van der Waals surface area contributed by atoms with Gasteiger partial charge in [-0.15, -0.1) is 11.8 Å². The Hall–Kier alpha value is -1.24. The molecule has 0 aromatic carbocycles. The maximum absolute atomic E-state index is 12.4. The van der Waals surface area contributed by atoms with Crippen molar-refractivity contribution in [1.29, 1.82) is 0 Å². The van der Waals surface area contributed by atoms with Gasteiger partial charge in [0.1, 0.15) is 6.04 Å². The molecule has 3 rings (SSSR count). The Morgan fingerprint density at radius 1 is 1.32 bits per heavy atom. The summed E-state index contributed by atoms with van der Waals surface area (Å²) >= 11 is 1.45. The Morgan fingerprint density at radius 3 is 2.68 bits per heavy atom. The molecular formula is C12H16N2O4S. The second-order valence-corrected chi connectivity index (χ2v) is 6.34. The minimum Gasteiger partial charge on any atom is -0.480 e. The second-order valence-electron chi connectivity index (χ2n) is 5.34. The molecule has 0 aromatic rings. The highest BCUT2D eigenvalue weighted by molar-refractivity contribution is 7.99. The normalized spacial score (nSPS) is 31.1. The predicted molar refractivity (Wildman–Crippen MR) is 68.4 cm³/mol. The first-order chi connectivity index (χ1) is 9.08. The molecule has 2 saturated heterocycles. The highest BCUT2D eigenvalue weighted by Crippen LogP contribution is 2.34. The van der Waals surface area contributed by atoms with Gasteiger partial charge in [-0.3, -0.25) is 9.59 Å². The van der Waals surface area contributed by atoms with Crippen molar-refractivity contribution in [3.05, 3.63) is 0 Å². The summed E-state index contributed by atoms with van der Waals surface area (Å²) in [4.78, 5) is 38.5. The number of nitrogens with zero attached hydrogens (tertiary/aromatic N) is 2. The summed E-state index contributed by atoms with van der Waals surface area (Å²) in [5.41, 5.74) is 0. The quantitative estimate of drug-likeness (QED) is 0.788. The summed E-state index contributed by atoms with van der Waals surface area (Å²) in [6.07, 6.45) is 2.30. The first kappa shape index (κ1) is 12.8. The summed E-state index contributed by atoms with van der Waals surface area (Å²) in [7, 11) is 0. The molecule has 2 aliphatic heterocycles. The number of amides is 2. The largest absolute Gasteiger partial charge is 0.480 e. The van der Waals surface area contributed by atoms with Crippen molar-refractivity contribution in [2.45, 2.75) is 31.3 Å². The van der Waals surface area contributed by atoms with Gasteiger partial charge in [-0.25, -0.2) is 4.79 Å². The van der Waals surface area contributed by atoms with Crippen LogP contribution < -0.4 is 0 Å². The first-order valence-electron chi connectivity index (χ1n) is 6.48. The minimum absolute atomic E-state index is 0.0413. The van der Waals surface area contributed by atoms with Gasteiger partial charge in [0.05, 0.1) is 11.8 Å². The molecule has 2 atom stereocenters. The smallest absolute Gasteiger partial charge is 0.327 e. The van der Waals surface area contributed by atoms with Crippen molar-refractivity contribution in [1.82, 2.24) is 9.80 Å². The Labute approximate surface area is 115 Å². The van der Waals surface area contributed by atoms with Crippen molar-refractivity contribution in [2.75, 3.05) is 18.2 Å². The van der Waals surface area contributed by atoms with E-state index < -0.39 is 12.0 Å². The Balaban J connectivity index is 1.67. The minimum atomic E-state index is -0.957. The highest BCUT2D eigenvalue weighted by Gasteiger charge is 2.45. The lowest BCUT2D eigenvalue weighted by Gasteiger charge is -2.23. The van der Waals surface area contributed by atoms with E-state index in [1.54, 1.807) is 4.90 Å². The van der Waals surface area contributed by atoms with E-state index in [0.29, 0.717) is 24.2 Å². The van der Waals surface area contributed by atoms with Crippen molar-refractivity contribution in [2.24, 2.45) is 5.92 Å². The van der Waals surface area contributed by atoms with Crippen LogP contribution in [0.4, 0.5) is 0 Å². The highest BCUT2D eigenvalue weighted by atomic mass is 32.2. The van der Waals surface area contributed by atoms with E-state index in [9.17, 15) is 14.4 Å². The molecule has 2 amide bonds. The van der Waals surface area contributed by atoms with Crippen LogP contribution in [0.5, 0.6) is 0 Å². The molecule has 0 spiro atoms. The van der Waals surface area contributed by atoms with E-state index in [2.05, 4.69) is 0 Å². The second kappa shape index (κ2) is 4.70. The Morgan fingerprint density at radius 2 is 2.05 bits per heavy atom.